The van der Waals surface area contributed by atoms with E-state index in [4.69, 9.17) is 22.1 Å². The highest BCUT2D eigenvalue weighted by Crippen LogP contribution is 2.18. The third-order valence-electron chi connectivity index (χ3n) is 3.18. The van der Waals surface area contributed by atoms with Crippen LogP contribution in [0.2, 0.25) is 5.02 Å². The molecule has 1 aliphatic heterocycles. The molecule has 0 spiro atoms. The van der Waals surface area contributed by atoms with Crippen molar-refractivity contribution in [2.45, 2.75) is 24.9 Å². The van der Waals surface area contributed by atoms with Gasteiger partial charge in [0.25, 0.3) is 0 Å². The van der Waals surface area contributed by atoms with Gasteiger partial charge in [-0.1, -0.05) is 23.7 Å². The second-order valence-electron chi connectivity index (χ2n) is 4.58. The van der Waals surface area contributed by atoms with Crippen LogP contribution in [0.5, 0.6) is 0 Å². The number of carbonyl (C=O) groups excluding carboxylic acids is 1. The average molecular weight is 269 g/mol. The molecule has 18 heavy (non-hydrogen) atoms. The lowest BCUT2D eigenvalue weighted by molar-refractivity contribution is -0.129. The highest BCUT2D eigenvalue weighted by Gasteiger charge is 2.35. The second kappa shape index (κ2) is 5.69. The standard InChI is InChI=1S/C13H17ClN2O2/c14-11-3-1-2-10(8-11)9-16-12(17)13(15)4-6-18-7-5-13/h1-3,8H,4-7,9,15H2,(H,16,17). The summed E-state index contributed by atoms with van der Waals surface area (Å²) >= 11 is 5.88. The van der Waals surface area contributed by atoms with Crippen molar-refractivity contribution in [1.29, 1.82) is 0 Å². The van der Waals surface area contributed by atoms with Crippen LogP contribution in [0.25, 0.3) is 0 Å². The number of halogens is 1. The summed E-state index contributed by atoms with van der Waals surface area (Å²) in [5.74, 6) is -0.120. The molecule has 1 aromatic carbocycles. The van der Waals surface area contributed by atoms with Crippen LogP contribution in [0.15, 0.2) is 24.3 Å². The number of amides is 1. The number of hydrogen-bond donors (Lipinski definition) is 2. The molecule has 1 aromatic rings. The fourth-order valence-electron chi connectivity index (χ4n) is 1.97. The lowest BCUT2D eigenvalue weighted by atomic mass is 9.90. The summed E-state index contributed by atoms with van der Waals surface area (Å²) < 4.78 is 5.22. The largest absolute Gasteiger partial charge is 0.381 e. The number of carbonyl (C=O) groups is 1. The Morgan fingerprint density at radius 1 is 1.44 bits per heavy atom. The van der Waals surface area contributed by atoms with Crippen molar-refractivity contribution >= 4 is 17.5 Å². The number of hydrogen-bond acceptors (Lipinski definition) is 3. The van der Waals surface area contributed by atoms with Crippen LogP contribution >= 0.6 is 11.6 Å². The van der Waals surface area contributed by atoms with Gasteiger partial charge in [0.05, 0.1) is 5.54 Å². The molecular weight excluding hydrogens is 252 g/mol. The van der Waals surface area contributed by atoms with Gasteiger partial charge in [0, 0.05) is 24.8 Å². The third-order valence-corrected chi connectivity index (χ3v) is 3.41. The Balaban J connectivity index is 1.91. The molecule has 1 heterocycles. The van der Waals surface area contributed by atoms with Gasteiger partial charge < -0.3 is 15.8 Å². The minimum atomic E-state index is -0.795. The van der Waals surface area contributed by atoms with Crippen LogP contribution < -0.4 is 11.1 Å². The van der Waals surface area contributed by atoms with Crippen molar-refractivity contribution < 1.29 is 9.53 Å². The van der Waals surface area contributed by atoms with E-state index in [-0.39, 0.29) is 5.91 Å². The molecular formula is C13H17ClN2O2. The molecule has 0 aromatic heterocycles. The smallest absolute Gasteiger partial charge is 0.240 e. The van der Waals surface area contributed by atoms with E-state index in [0.717, 1.165) is 5.56 Å². The molecule has 3 N–H and O–H groups in total. The summed E-state index contributed by atoms with van der Waals surface area (Å²) in [5.41, 5.74) is 6.25. The number of rotatable bonds is 3. The molecule has 0 bridgehead atoms. The molecule has 5 heteroatoms. The maximum atomic E-state index is 12.1. The minimum Gasteiger partial charge on any atom is -0.381 e. The van der Waals surface area contributed by atoms with Crippen LogP contribution in [0.4, 0.5) is 0 Å². The quantitative estimate of drug-likeness (QED) is 0.872. The van der Waals surface area contributed by atoms with Gasteiger partial charge in [0.15, 0.2) is 0 Å². The Hall–Kier alpha value is -1.10. The monoisotopic (exact) mass is 268 g/mol. The van der Waals surface area contributed by atoms with E-state index in [9.17, 15) is 4.79 Å². The summed E-state index contributed by atoms with van der Waals surface area (Å²) in [6.07, 6.45) is 1.13. The highest BCUT2D eigenvalue weighted by atomic mass is 35.5. The van der Waals surface area contributed by atoms with Crippen LogP contribution in [0, 0.1) is 0 Å². The van der Waals surface area contributed by atoms with E-state index in [0.29, 0.717) is 37.6 Å². The molecule has 1 saturated heterocycles. The molecule has 1 fully saturated rings. The number of nitrogens with one attached hydrogen (secondary N) is 1. The third kappa shape index (κ3) is 3.22. The number of benzene rings is 1. The number of ether oxygens (including phenoxy) is 1. The van der Waals surface area contributed by atoms with Gasteiger partial charge in [0.2, 0.25) is 5.91 Å². The Morgan fingerprint density at radius 2 is 2.17 bits per heavy atom. The molecule has 0 atom stereocenters. The van der Waals surface area contributed by atoms with Crippen molar-refractivity contribution in [1.82, 2.24) is 5.32 Å². The van der Waals surface area contributed by atoms with Gasteiger partial charge in [-0.15, -0.1) is 0 Å². The molecule has 0 radical (unpaired) electrons. The Bertz CT molecular complexity index is 431. The van der Waals surface area contributed by atoms with Gasteiger partial charge >= 0.3 is 0 Å². The van der Waals surface area contributed by atoms with E-state index in [1.165, 1.54) is 0 Å². The van der Waals surface area contributed by atoms with Crippen LogP contribution in [0.1, 0.15) is 18.4 Å². The summed E-state index contributed by atoms with van der Waals surface area (Å²) in [4.78, 5) is 12.1. The SMILES string of the molecule is NC1(C(=O)NCc2cccc(Cl)c2)CCOCC1. The molecule has 0 saturated carbocycles. The van der Waals surface area contributed by atoms with Crippen molar-refractivity contribution in [3.05, 3.63) is 34.9 Å². The van der Waals surface area contributed by atoms with E-state index in [1.807, 2.05) is 18.2 Å². The first kappa shape index (κ1) is 13.3. The average Bonchev–Trinajstić information content (AvgIpc) is 2.37. The topological polar surface area (TPSA) is 64.4 Å². The van der Waals surface area contributed by atoms with Crippen molar-refractivity contribution in [2.75, 3.05) is 13.2 Å². The second-order valence-corrected chi connectivity index (χ2v) is 5.02. The van der Waals surface area contributed by atoms with Gasteiger partial charge in [-0.25, -0.2) is 0 Å². The molecule has 2 rings (SSSR count). The zero-order valence-electron chi connectivity index (χ0n) is 10.1. The van der Waals surface area contributed by atoms with Crippen molar-refractivity contribution in [2.24, 2.45) is 5.73 Å². The Kier molecular flexibility index (Phi) is 4.22. The van der Waals surface area contributed by atoms with E-state index in [1.54, 1.807) is 6.07 Å². The molecule has 0 unspecified atom stereocenters. The minimum absolute atomic E-state index is 0.120. The van der Waals surface area contributed by atoms with Gasteiger partial charge in [0.1, 0.15) is 0 Å². The lowest BCUT2D eigenvalue weighted by Gasteiger charge is -2.31. The summed E-state index contributed by atoms with van der Waals surface area (Å²) in [5, 5.41) is 3.52. The van der Waals surface area contributed by atoms with E-state index < -0.39 is 5.54 Å². The first-order chi connectivity index (χ1) is 8.60. The van der Waals surface area contributed by atoms with E-state index in [2.05, 4.69) is 5.32 Å². The normalized spacial score (nSPS) is 18.3. The van der Waals surface area contributed by atoms with Crippen molar-refractivity contribution in [3.63, 3.8) is 0 Å². The zero-order chi connectivity index (χ0) is 13.0. The number of nitrogens with two attached hydrogens (primary N) is 1. The molecule has 4 nitrogen and oxygen atoms in total. The fraction of sp³-hybridized carbons (Fsp3) is 0.462. The van der Waals surface area contributed by atoms with Gasteiger partial charge in [-0.3, -0.25) is 4.79 Å². The lowest BCUT2D eigenvalue weighted by Crippen LogP contribution is -2.56. The first-order valence-electron chi connectivity index (χ1n) is 5.99. The summed E-state index contributed by atoms with van der Waals surface area (Å²) in [6, 6.07) is 7.40. The fourth-order valence-corrected chi connectivity index (χ4v) is 2.18. The van der Waals surface area contributed by atoms with Crippen LogP contribution in [-0.2, 0) is 16.1 Å². The summed E-state index contributed by atoms with van der Waals surface area (Å²) in [7, 11) is 0. The maximum absolute atomic E-state index is 12.1. The molecule has 1 amide bonds. The van der Waals surface area contributed by atoms with Gasteiger partial charge in [-0.05, 0) is 30.5 Å². The predicted octanol–water partition coefficient (Wildman–Crippen LogP) is 1.46. The van der Waals surface area contributed by atoms with Gasteiger partial charge in [-0.2, -0.15) is 0 Å². The van der Waals surface area contributed by atoms with Crippen molar-refractivity contribution in [3.8, 4) is 0 Å². The zero-order valence-corrected chi connectivity index (χ0v) is 10.9. The molecule has 1 aliphatic rings. The summed E-state index contributed by atoms with van der Waals surface area (Å²) in [6.45, 7) is 1.53. The molecule has 98 valence electrons. The maximum Gasteiger partial charge on any atom is 0.240 e. The first-order valence-corrected chi connectivity index (χ1v) is 6.37. The predicted molar refractivity (Wildman–Crippen MR) is 70.3 cm³/mol. The van der Waals surface area contributed by atoms with Crippen LogP contribution in [-0.4, -0.2) is 24.7 Å². The Labute approximate surface area is 111 Å². The Morgan fingerprint density at radius 3 is 2.83 bits per heavy atom. The van der Waals surface area contributed by atoms with Crippen LogP contribution in [0.3, 0.4) is 0 Å². The van der Waals surface area contributed by atoms with E-state index >= 15 is 0 Å². The molecule has 0 aliphatic carbocycles. The highest BCUT2D eigenvalue weighted by molar-refractivity contribution is 6.30.